The van der Waals surface area contributed by atoms with Gasteiger partial charge in [0.1, 0.15) is 12.4 Å². The molecule has 1 saturated carbocycles. The molecule has 1 aromatic carbocycles. The van der Waals surface area contributed by atoms with Gasteiger partial charge >= 0.3 is 0 Å². The maximum atomic E-state index is 12.5. The molecular weight excluding hydrogens is 328 g/mol. The van der Waals surface area contributed by atoms with Gasteiger partial charge in [-0.05, 0) is 55.4 Å². The van der Waals surface area contributed by atoms with Crippen molar-refractivity contribution in [2.75, 3.05) is 18.5 Å². The Labute approximate surface area is 155 Å². The van der Waals surface area contributed by atoms with E-state index in [1.54, 1.807) is 0 Å². The quantitative estimate of drug-likeness (QED) is 0.815. The lowest BCUT2D eigenvalue weighted by atomic mass is 9.89. The molecule has 5 nitrogen and oxygen atoms in total. The van der Waals surface area contributed by atoms with E-state index in [2.05, 4.69) is 10.6 Å². The molecule has 26 heavy (non-hydrogen) atoms. The molecule has 0 radical (unpaired) electrons. The highest BCUT2D eigenvalue weighted by atomic mass is 16.5. The average molecular weight is 358 g/mol. The maximum Gasteiger partial charge on any atom is 0.226 e. The summed E-state index contributed by atoms with van der Waals surface area (Å²) in [5.41, 5.74) is 1.76. The molecule has 0 bridgehead atoms. The second-order valence-corrected chi connectivity index (χ2v) is 7.58. The Morgan fingerprint density at radius 2 is 2.00 bits per heavy atom. The SMILES string of the molecule is CCCC(=O)Nc1ccc2c(c1)C[C@H](C(=O)NCC1CCCCC1)CO2. The smallest absolute Gasteiger partial charge is 0.226 e. The molecule has 1 fully saturated rings. The third-order valence-corrected chi connectivity index (χ3v) is 5.39. The average Bonchev–Trinajstić information content (AvgIpc) is 2.66. The number of hydrogen-bond donors (Lipinski definition) is 2. The van der Waals surface area contributed by atoms with Gasteiger partial charge in [0, 0.05) is 18.7 Å². The van der Waals surface area contributed by atoms with E-state index < -0.39 is 0 Å². The summed E-state index contributed by atoms with van der Waals surface area (Å²) in [6.45, 7) is 3.19. The van der Waals surface area contributed by atoms with Gasteiger partial charge in [0.2, 0.25) is 11.8 Å². The third kappa shape index (κ3) is 4.99. The van der Waals surface area contributed by atoms with Gasteiger partial charge in [-0.1, -0.05) is 26.2 Å². The minimum atomic E-state index is -0.160. The summed E-state index contributed by atoms with van der Waals surface area (Å²) in [4.78, 5) is 24.3. The fourth-order valence-electron chi connectivity index (χ4n) is 3.87. The fourth-order valence-corrected chi connectivity index (χ4v) is 3.87. The van der Waals surface area contributed by atoms with Crippen LogP contribution in [0.25, 0.3) is 0 Å². The molecule has 2 N–H and O–H groups in total. The van der Waals surface area contributed by atoms with Crippen LogP contribution in [0.15, 0.2) is 18.2 Å². The van der Waals surface area contributed by atoms with Crippen molar-refractivity contribution in [1.82, 2.24) is 5.32 Å². The maximum absolute atomic E-state index is 12.5. The van der Waals surface area contributed by atoms with Crippen molar-refractivity contribution in [2.24, 2.45) is 11.8 Å². The fraction of sp³-hybridized carbons (Fsp3) is 0.619. The van der Waals surface area contributed by atoms with Crippen molar-refractivity contribution in [3.05, 3.63) is 23.8 Å². The summed E-state index contributed by atoms with van der Waals surface area (Å²) in [5, 5.41) is 6.04. The Morgan fingerprint density at radius 1 is 1.19 bits per heavy atom. The molecule has 1 aliphatic carbocycles. The normalized spacial score (nSPS) is 20.0. The summed E-state index contributed by atoms with van der Waals surface area (Å²) < 4.78 is 5.78. The first-order valence-corrected chi connectivity index (χ1v) is 9.99. The third-order valence-electron chi connectivity index (χ3n) is 5.39. The highest BCUT2D eigenvalue weighted by Crippen LogP contribution is 2.30. The first-order chi connectivity index (χ1) is 12.7. The van der Waals surface area contributed by atoms with Crippen LogP contribution in [0, 0.1) is 11.8 Å². The van der Waals surface area contributed by atoms with Crippen molar-refractivity contribution in [2.45, 2.75) is 58.3 Å². The molecule has 1 heterocycles. The Balaban J connectivity index is 1.55. The lowest BCUT2D eigenvalue weighted by Crippen LogP contribution is -2.39. The molecule has 1 aromatic rings. The van der Waals surface area contributed by atoms with Crippen LogP contribution in [0.3, 0.4) is 0 Å². The Bertz CT molecular complexity index is 638. The van der Waals surface area contributed by atoms with Crippen molar-refractivity contribution in [3.8, 4) is 5.75 Å². The van der Waals surface area contributed by atoms with Gasteiger partial charge in [-0.3, -0.25) is 9.59 Å². The van der Waals surface area contributed by atoms with Gasteiger partial charge in [0.15, 0.2) is 0 Å². The van der Waals surface area contributed by atoms with Crippen LogP contribution in [0.2, 0.25) is 0 Å². The number of anilines is 1. The van der Waals surface area contributed by atoms with E-state index in [1.165, 1.54) is 32.1 Å². The second-order valence-electron chi connectivity index (χ2n) is 7.58. The monoisotopic (exact) mass is 358 g/mol. The molecule has 0 aromatic heterocycles. The predicted molar refractivity (Wildman–Crippen MR) is 102 cm³/mol. The molecule has 0 unspecified atom stereocenters. The number of amides is 2. The molecule has 0 saturated heterocycles. The molecule has 5 heteroatoms. The van der Waals surface area contributed by atoms with Gasteiger partial charge in [-0.15, -0.1) is 0 Å². The number of hydrogen-bond acceptors (Lipinski definition) is 3. The van der Waals surface area contributed by atoms with E-state index in [0.29, 0.717) is 25.4 Å². The van der Waals surface area contributed by atoms with Gasteiger partial charge in [-0.2, -0.15) is 0 Å². The van der Waals surface area contributed by atoms with Crippen LogP contribution >= 0.6 is 0 Å². The highest BCUT2D eigenvalue weighted by Gasteiger charge is 2.27. The summed E-state index contributed by atoms with van der Waals surface area (Å²) in [6.07, 6.45) is 8.34. The van der Waals surface area contributed by atoms with Gasteiger partial charge in [0.05, 0.1) is 5.92 Å². The van der Waals surface area contributed by atoms with Crippen LogP contribution in [0.5, 0.6) is 5.75 Å². The van der Waals surface area contributed by atoms with E-state index in [-0.39, 0.29) is 17.7 Å². The molecule has 1 atom stereocenters. The van der Waals surface area contributed by atoms with Crippen LogP contribution in [0.4, 0.5) is 5.69 Å². The van der Waals surface area contributed by atoms with E-state index in [0.717, 1.165) is 30.0 Å². The zero-order valence-electron chi connectivity index (χ0n) is 15.7. The van der Waals surface area contributed by atoms with Gasteiger partial charge in [-0.25, -0.2) is 0 Å². The van der Waals surface area contributed by atoms with E-state index >= 15 is 0 Å². The van der Waals surface area contributed by atoms with E-state index in [1.807, 2.05) is 25.1 Å². The van der Waals surface area contributed by atoms with Crippen LogP contribution in [-0.4, -0.2) is 25.0 Å². The molecule has 0 spiro atoms. The minimum Gasteiger partial charge on any atom is -0.492 e. The largest absolute Gasteiger partial charge is 0.492 e. The topological polar surface area (TPSA) is 67.4 Å². The zero-order valence-corrected chi connectivity index (χ0v) is 15.7. The number of carbonyl (C=O) groups excluding carboxylic acids is 2. The summed E-state index contributed by atoms with van der Waals surface area (Å²) in [7, 11) is 0. The van der Waals surface area contributed by atoms with Crippen molar-refractivity contribution in [3.63, 3.8) is 0 Å². The van der Waals surface area contributed by atoms with Gasteiger partial charge < -0.3 is 15.4 Å². The number of ether oxygens (including phenoxy) is 1. The first-order valence-electron chi connectivity index (χ1n) is 9.99. The zero-order chi connectivity index (χ0) is 18.4. The molecular formula is C21H30N2O3. The standard InChI is InChI=1S/C21H30N2O3/c1-2-6-20(24)23-18-9-10-19-16(12-18)11-17(14-26-19)21(25)22-13-15-7-4-3-5-8-15/h9-10,12,15,17H,2-8,11,13-14H2,1H3,(H,22,25)(H,23,24)/t17-/m0/s1. The Morgan fingerprint density at radius 3 is 2.77 bits per heavy atom. The minimum absolute atomic E-state index is 0.0194. The van der Waals surface area contributed by atoms with Crippen molar-refractivity contribution in [1.29, 1.82) is 0 Å². The van der Waals surface area contributed by atoms with Crippen LogP contribution in [-0.2, 0) is 16.0 Å². The summed E-state index contributed by atoms with van der Waals surface area (Å²) in [6, 6.07) is 5.67. The molecule has 1 aliphatic heterocycles. The number of benzene rings is 1. The second kappa shape index (κ2) is 9.06. The molecule has 2 aliphatic rings. The number of fused-ring (bicyclic) bond motifs is 1. The van der Waals surface area contributed by atoms with E-state index in [4.69, 9.17) is 4.74 Å². The van der Waals surface area contributed by atoms with E-state index in [9.17, 15) is 9.59 Å². The number of carbonyl (C=O) groups is 2. The van der Waals surface area contributed by atoms with Crippen molar-refractivity contribution >= 4 is 17.5 Å². The molecule has 2 amide bonds. The van der Waals surface area contributed by atoms with Crippen LogP contribution in [0.1, 0.15) is 57.4 Å². The van der Waals surface area contributed by atoms with Crippen LogP contribution < -0.4 is 15.4 Å². The predicted octanol–water partition coefficient (Wildman–Crippen LogP) is 3.67. The lowest BCUT2D eigenvalue weighted by Gasteiger charge is -2.27. The van der Waals surface area contributed by atoms with Gasteiger partial charge in [0.25, 0.3) is 0 Å². The molecule has 3 rings (SSSR count). The summed E-state index contributed by atoms with van der Waals surface area (Å²) in [5.74, 6) is 1.39. The Kier molecular flexibility index (Phi) is 6.53. The number of nitrogens with one attached hydrogen (secondary N) is 2. The lowest BCUT2D eigenvalue weighted by molar-refractivity contribution is -0.126. The summed E-state index contributed by atoms with van der Waals surface area (Å²) >= 11 is 0. The van der Waals surface area contributed by atoms with Crippen molar-refractivity contribution < 1.29 is 14.3 Å². The Hall–Kier alpha value is -2.04. The molecule has 142 valence electrons. The first kappa shape index (κ1) is 18.7. The highest BCUT2D eigenvalue weighted by molar-refractivity contribution is 5.91. The number of rotatable bonds is 6.